The van der Waals surface area contributed by atoms with Crippen molar-refractivity contribution in [3.05, 3.63) is 16.7 Å². The Labute approximate surface area is 134 Å². The number of fused-ring (bicyclic) bond motifs is 1. The smallest absolute Gasteiger partial charge is 0.235 e. The standard InChI is InChI=1S/C16H22BrNO3/c1-9-10(2)15(20-5)13(18-12(19)8-17)11-6-7-16(3,4)21-14(9)11/h6-8H2,1-5H3,(H,18,19). The number of benzene rings is 1. The molecule has 0 unspecified atom stereocenters. The first-order valence-corrected chi connectivity index (χ1v) is 8.17. The minimum Gasteiger partial charge on any atom is -0.494 e. The van der Waals surface area contributed by atoms with Crippen molar-refractivity contribution in [2.45, 2.75) is 46.1 Å². The van der Waals surface area contributed by atoms with Crippen LogP contribution in [-0.4, -0.2) is 23.9 Å². The normalized spacial score (nSPS) is 15.9. The number of carbonyl (C=O) groups is 1. The molecule has 5 heteroatoms. The number of carbonyl (C=O) groups excluding carboxylic acids is 1. The first-order chi connectivity index (χ1) is 9.80. The van der Waals surface area contributed by atoms with E-state index in [2.05, 4.69) is 35.1 Å². The van der Waals surface area contributed by atoms with E-state index in [0.29, 0.717) is 0 Å². The van der Waals surface area contributed by atoms with Crippen molar-refractivity contribution in [1.29, 1.82) is 0 Å². The van der Waals surface area contributed by atoms with Gasteiger partial charge in [-0.3, -0.25) is 4.79 Å². The van der Waals surface area contributed by atoms with Gasteiger partial charge in [-0.2, -0.15) is 0 Å². The van der Waals surface area contributed by atoms with Crippen molar-refractivity contribution in [3.8, 4) is 11.5 Å². The minimum absolute atomic E-state index is 0.0939. The minimum atomic E-state index is -0.185. The molecule has 0 saturated carbocycles. The monoisotopic (exact) mass is 355 g/mol. The summed E-state index contributed by atoms with van der Waals surface area (Å²) in [6, 6.07) is 0. The van der Waals surface area contributed by atoms with Gasteiger partial charge in [0.2, 0.25) is 5.91 Å². The van der Waals surface area contributed by atoms with Crippen LogP contribution >= 0.6 is 15.9 Å². The molecule has 0 aliphatic carbocycles. The molecule has 0 spiro atoms. The van der Waals surface area contributed by atoms with Crippen LogP contribution in [0.2, 0.25) is 0 Å². The molecule has 0 bridgehead atoms. The van der Waals surface area contributed by atoms with Gasteiger partial charge >= 0.3 is 0 Å². The van der Waals surface area contributed by atoms with Gasteiger partial charge in [0.05, 0.1) is 18.1 Å². The van der Waals surface area contributed by atoms with Crippen molar-refractivity contribution < 1.29 is 14.3 Å². The topological polar surface area (TPSA) is 47.6 Å². The molecule has 1 aromatic carbocycles. The highest BCUT2D eigenvalue weighted by Gasteiger charge is 2.32. The van der Waals surface area contributed by atoms with Crippen molar-refractivity contribution in [3.63, 3.8) is 0 Å². The Bertz CT molecular complexity index is 582. The molecule has 4 nitrogen and oxygen atoms in total. The number of halogens is 1. The number of anilines is 1. The molecule has 0 aromatic heterocycles. The van der Waals surface area contributed by atoms with E-state index in [1.165, 1.54) is 0 Å². The molecule has 2 rings (SSSR count). The Morgan fingerprint density at radius 2 is 2.05 bits per heavy atom. The number of amides is 1. The predicted molar refractivity (Wildman–Crippen MR) is 87.9 cm³/mol. The van der Waals surface area contributed by atoms with Gasteiger partial charge in [0.1, 0.15) is 17.1 Å². The summed E-state index contributed by atoms with van der Waals surface area (Å²) < 4.78 is 11.7. The first-order valence-electron chi connectivity index (χ1n) is 7.05. The molecule has 1 aliphatic rings. The second-order valence-corrected chi connectivity index (χ2v) is 6.57. The highest BCUT2D eigenvalue weighted by atomic mass is 79.9. The molecule has 0 atom stereocenters. The zero-order chi connectivity index (χ0) is 15.8. The van der Waals surface area contributed by atoms with Crippen LogP contribution in [0.25, 0.3) is 0 Å². The summed E-state index contributed by atoms with van der Waals surface area (Å²) in [5, 5.41) is 3.20. The Morgan fingerprint density at radius 3 is 2.62 bits per heavy atom. The molecule has 1 amide bonds. The van der Waals surface area contributed by atoms with Crippen LogP contribution in [0.5, 0.6) is 11.5 Å². The molecule has 0 radical (unpaired) electrons. The molecule has 1 aromatic rings. The fourth-order valence-corrected chi connectivity index (χ4v) is 2.84. The SMILES string of the molecule is COc1c(C)c(C)c2c(c1NC(=O)CBr)CCC(C)(C)O2. The summed E-state index contributed by atoms with van der Waals surface area (Å²) in [6.45, 7) is 8.20. The number of alkyl halides is 1. The van der Waals surface area contributed by atoms with Crippen LogP contribution in [0.3, 0.4) is 0 Å². The van der Waals surface area contributed by atoms with Gasteiger partial charge in [0.15, 0.2) is 0 Å². The van der Waals surface area contributed by atoms with E-state index in [0.717, 1.165) is 46.7 Å². The third-order valence-electron chi connectivity index (χ3n) is 3.99. The molecule has 0 fully saturated rings. The lowest BCUT2D eigenvalue weighted by Gasteiger charge is -2.35. The Morgan fingerprint density at radius 1 is 1.38 bits per heavy atom. The quantitative estimate of drug-likeness (QED) is 0.840. The van der Waals surface area contributed by atoms with Gasteiger partial charge in [-0.05, 0) is 51.7 Å². The number of methoxy groups -OCH3 is 1. The second kappa shape index (κ2) is 5.87. The predicted octanol–water partition coefficient (Wildman–Crippen LogP) is 3.75. The van der Waals surface area contributed by atoms with E-state index < -0.39 is 0 Å². The zero-order valence-electron chi connectivity index (χ0n) is 13.2. The summed E-state index contributed by atoms with van der Waals surface area (Å²) >= 11 is 3.18. The van der Waals surface area contributed by atoms with Crippen molar-refractivity contribution in [2.75, 3.05) is 17.8 Å². The molecule has 1 aliphatic heterocycles. The van der Waals surface area contributed by atoms with E-state index >= 15 is 0 Å². The maximum atomic E-state index is 11.8. The maximum absolute atomic E-state index is 11.8. The van der Waals surface area contributed by atoms with Crippen LogP contribution < -0.4 is 14.8 Å². The van der Waals surface area contributed by atoms with Crippen LogP contribution in [0.15, 0.2) is 0 Å². The van der Waals surface area contributed by atoms with E-state index in [1.807, 2.05) is 13.8 Å². The summed E-state index contributed by atoms with van der Waals surface area (Å²) in [5.41, 5.74) is 3.67. The number of ether oxygens (including phenoxy) is 2. The van der Waals surface area contributed by atoms with Crippen LogP contribution in [0.4, 0.5) is 5.69 Å². The number of nitrogens with one attached hydrogen (secondary N) is 1. The summed E-state index contributed by atoms with van der Waals surface area (Å²) in [4.78, 5) is 11.8. The average molecular weight is 356 g/mol. The fourth-order valence-electron chi connectivity index (χ4n) is 2.70. The number of rotatable bonds is 3. The molecular formula is C16H22BrNO3. The summed E-state index contributed by atoms with van der Waals surface area (Å²) in [7, 11) is 1.63. The highest BCUT2D eigenvalue weighted by Crippen LogP contribution is 2.46. The third kappa shape index (κ3) is 3.03. The van der Waals surface area contributed by atoms with Crippen LogP contribution in [0, 0.1) is 13.8 Å². The first kappa shape index (κ1) is 16.1. The molecule has 0 saturated heterocycles. The molecular weight excluding hydrogens is 334 g/mol. The Kier molecular flexibility index (Phi) is 4.51. The highest BCUT2D eigenvalue weighted by molar-refractivity contribution is 9.09. The fraction of sp³-hybridized carbons (Fsp3) is 0.562. The van der Waals surface area contributed by atoms with E-state index in [4.69, 9.17) is 9.47 Å². The van der Waals surface area contributed by atoms with Gasteiger partial charge < -0.3 is 14.8 Å². The van der Waals surface area contributed by atoms with E-state index in [9.17, 15) is 4.79 Å². The third-order valence-corrected chi connectivity index (χ3v) is 4.50. The van der Waals surface area contributed by atoms with Crippen molar-refractivity contribution in [2.24, 2.45) is 0 Å². The van der Waals surface area contributed by atoms with E-state index in [-0.39, 0.29) is 16.8 Å². The van der Waals surface area contributed by atoms with E-state index in [1.54, 1.807) is 7.11 Å². The molecule has 1 N–H and O–H groups in total. The summed E-state index contributed by atoms with van der Waals surface area (Å²) in [6.07, 6.45) is 1.76. The maximum Gasteiger partial charge on any atom is 0.235 e. The van der Waals surface area contributed by atoms with Gasteiger partial charge in [-0.25, -0.2) is 0 Å². The lowest BCUT2D eigenvalue weighted by atomic mass is 9.89. The Hall–Kier alpha value is -1.23. The molecule has 116 valence electrons. The summed E-state index contributed by atoms with van der Waals surface area (Å²) in [5.74, 6) is 1.52. The number of hydrogen-bond donors (Lipinski definition) is 1. The zero-order valence-corrected chi connectivity index (χ0v) is 14.8. The van der Waals surface area contributed by atoms with Crippen molar-refractivity contribution in [1.82, 2.24) is 0 Å². The van der Waals surface area contributed by atoms with Gasteiger partial charge in [0.25, 0.3) is 0 Å². The lowest BCUT2D eigenvalue weighted by Crippen LogP contribution is -2.34. The Balaban J connectivity index is 2.63. The number of hydrogen-bond acceptors (Lipinski definition) is 3. The van der Waals surface area contributed by atoms with Crippen LogP contribution in [0.1, 0.15) is 37.0 Å². The molecule has 1 heterocycles. The van der Waals surface area contributed by atoms with Gasteiger partial charge in [-0.15, -0.1) is 0 Å². The largest absolute Gasteiger partial charge is 0.494 e. The molecule has 21 heavy (non-hydrogen) atoms. The average Bonchev–Trinajstić information content (AvgIpc) is 2.43. The van der Waals surface area contributed by atoms with Crippen molar-refractivity contribution >= 4 is 27.5 Å². The van der Waals surface area contributed by atoms with Gasteiger partial charge in [0, 0.05) is 5.56 Å². The van der Waals surface area contributed by atoms with Gasteiger partial charge in [-0.1, -0.05) is 15.9 Å². The second-order valence-electron chi connectivity index (χ2n) is 6.01. The lowest BCUT2D eigenvalue weighted by molar-refractivity contribution is -0.113. The van der Waals surface area contributed by atoms with Crippen LogP contribution in [-0.2, 0) is 11.2 Å².